The van der Waals surface area contributed by atoms with Crippen molar-refractivity contribution in [2.75, 3.05) is 6.61 Å². The molecule has 0 aliphatic carbocycles. The molecule has 0 bridgehead atoms. The molecular formula is C10H10N4OS. The summed E-state index contributed by atoms with van der Waals surface area (Å²) in [4.78, 5) is 14.7. The van der Waals surface area contributed by atoms with Crippen LogP contribution in [-0.2, 0) is 17.8 Å². The molecule has 0 aromatic carbocycles. The smallest absolute Gasteiger partial charge is 0.175 e. The number of nitrogens with one attached hydrogen (secondary N) is 2. The summed E-state index contributed by atoms with van der Waals surface area (Å²) < 4.78 is 5.95. The van der Waals surface area contributed by atoms with Crippen molar-refractivity contribution in [3.8, 4) is 11.6 Å². The maximum absolute atomic E-state index is 5.36. The first-order chi connectivity index (χ1) is 7.84. The number of nitrogens with zero attached hydrogens (tertiary/aromatic N) is 2. The van der Waals surface area contributed by atoms with Crippen LogP contribution in [-0.4, -0.2) is 26.5 Å². The van der Waals surface area contributed by atoms with Gasteiger partial charge in [-0.3, -0.25) is 0 Å². The lowest BCUT2D eigenvalue weighted by atomic mass is 10.1. The monoisotopic (exact) mass is 234 g/mol. The number of rotatable bonds is 1. The molecule has 0 atom stereocenters. The summed E-state index contributed by atoms with van der Waals surface area (Å²) in [5.74, 6) is 1.40. The number of fused-ring (bicyclic) bond motifs is 1. The Hall–Kier alpha value is -1.53. The normalized spacial score (nSPS) is 14.8. The van der Waals surface area contributed by atoms with E-state index in [2.05, 4.69) is 19.9 Å². The molecule has 2 aromatic rings. The summed E-state index contributed by atoms with van der Waals surface area (Å²) in [6, 6.07) is 0. The second-order valence-corrected chi connectivity index (χ2v) is 3.97. The third-order valence-corrected chi connectivity index (χ3v) is 2.91. The van der Waals surface area contributed by atoms with E-state index in [0.717, 1.165) is 24.3 Å². The Labute approximate surface area is 96.9 Å². The maximum atomic E-state index is 5.36. The third kappa shape index (κ3) is 1.56. The van der Waals surface area contributed by atoms with Crippen molar-refractivity contribution < 1.29 is 4.74 Å². The van der Waals surface area contributed by atoms with E-state index < -0.39 is 0 Å². The Morgan fingerprint density at radius 3 is 3.12 bits per heavy atom. The zero-order valence-electron chi connectivity index (χ0n) is 8.49. The van der Waals surface area contributed by atoms with Gasteiger partial charge in [0, 0.05) is 30.1 Å². The van der Waals surface area contributed by atoms with Gasteiger partial charge < -0.3 is 14.7 Å². The molecule has 0 saturated heterocycles. The van der Waals surface area contributed by atoms with Gasteiger partial charge in [0.1, 0.15) is 4.64 Å². The molecule has 5 nitrogen and oxygen atoms in total. The molecule has 0 saturated carbocycles. The largest absolute Gasteiger partial charge is 0.376 e. The minimum atomic E-state index is 0.552. The van der Waals surface area contributed by atoms with Crippen LogP contribution < -0.4 is 0 Å². The molecule has 2 aromatic heterocycles. The lowest BCUT2D eigenvalue weighted by Gasteiger charge is -2.16. The van der Waals surface area contributed by atoms with E-state index in [9.17, 15) is 0 Å². The van der Waals surface area contributed by atoms with Gasteiger partial charge in [0.25, 0.3) is 0 Å². The van der Waals surface area contributed by atoms with Crippen molar-refractivity contribution in [1.29, 1.82) is 0 Å². The van der Waals surface area contributed by atoms with E-state index in [1.54, 1.807) is 12.4 Å². The number of aromatic nitrogens is 4. The summed E-state index contributed by atoms with van der Waals surface area (Å²) in [6.45, 7) is 1.27. The highest BCUT2D eigenvalue weighted by molar-refractivity contribution is 7.71. The molecule has 0 radical (unpaired) electrons. The van der Waals surface area contributed by atoms with Crippen molar-refractivity contribution in [3.63, 3.8) is 0 Å². The van der Waals surface area contributed by atoms with E-state index in [1.165, 1.54) is 0 Å². The average Bonchev–Trinajstić information content (AvgIpc) is 2.82. The summed E-state index contributed by atoms with van der Waals surface area (Å²) >= 11 is 5.25. The number of imidazole rings is 1. The predicted octanol–water partition coefficient (Wildman–Crippen LogP) is 1.60. The molecule has 0 unspecified atom stereocenters. The van der Waals surface area contributed by atoms with E-state index >= 15 is 0 Å². The van der Waals surface area contributed by atoms with Gasteiger partial charge in [-0.05, 0) is 0 Å². The second kappa shape index (κ2) is 3.80. The van der Waals surface area contributed by atoms with Gasteiger partial charge in [-0.2, -0.15) is 0 Å². The molecular weight excluding hydrogens is 224 g/mol. The minimum Gasteiger partial charge on any atom is -0.376 e. The Kier molecular flexibility index (Phi) is 2.30. The Balaban J connectivity index is 2.16. The summed E-state index contributed by atoms with van der Waals surface area (Å²) in [7, 11) is 0. The summed E-state index contributed by atoms with van der Waals surface area (Å²) in [6.07, 6.45) is 4.29. The second-order valence-electron chi connectivity index (χ2n) is 3.59. The van der Waals surface area contributed by atoms with Crippen LogP contribution in [0.2, 0.25) is 0 Å². The van der Waals surface area contributed by atoms with Gasteiger partial charge in [0.2, 0.25) is 0 Å². The van der Waals surface area contributed by atoms with Gasteiger partial charge >= 0.3 is 0 Å². The molecule has 0 amide bonds. The van der Waals surface area contributed by atoms with Crippen LogP contribution in [0.5, 0.6) is 0 Å². The SMILES string of the molecule is S=c1nc(-c2ncc[nH]2)[nH]c2c1COCC2. The standard InChI is InChI=1S/C10H10N4OS/c16-10-6-5-15-4-1-7(6)13-9(14-10)8-11-2-3-12-8/h2-3H,1,4-5H2,(H,11,12)(H,13,14,16). The van der Waals surface area contributed by atoms with Crippen LogP contribution in [0.4, 0.5) is 0 Å². The zero-order valence-corrected chi connectivity index (χ0v) is 9.30. The molecule has 16 heavy (non-hydrogen) atoms. The summed E-state index contributed by atoms with van der Waals surface area (Å²) in [5.41, 5.74) is 2.11. The Morgan fingerprint density at radius 1 is 1.38 bits per heavy atom. The van der Waals surface area contributed by atoms with Crippen LogP contribution in [0, 0.1) is 4.64 Å². The molecule has 3 heterocycles. The van der Waals surface area contributed by atoms with E-state index in [0.29, 0.717) is 22.9 Å². The zero-order chi connectivity index (χ0) is 11.0. The molecule has 82 valence electrons. The highest BCUT2D eigenvalue weighted by atomic mass is 32.1. The first-order valence-corrected chi connectivity index (χ1v) is 5.45. The van der Waals surface area contributed by atoms with Crippen molar-refractivity contribution in [1.82, 2.24) is 19.9 Å². The van der Waals surface area contributed by atoms with Crippen molar-refractivity contribution in [2.24, 2.45) is 0 Å². The highest BCUT2D eigenvalue weighted by Crippen LogP contribution is 2.18. The number of hydrogen-bond donors (Lipinski definition) is 2. The van der Waals surface area contributed by atoms with Crippen LogP contribution in [0.15, 0.2) is 12.4 Å². The Bertz CT molecular complexity index is 561. The van der Waals surface area contributed by atoms with E-state index in [4.69, 9.17) is 17.0 Å². The van der Waals surface area contributed by atoms with Crippen molar-refractivity contribution in [3.05, 3.63) is 28.3 Å². The predicted molar refractivity (Wildman–Crippen MR) is 60.4 cm³/mol. The summed E-state index contributed by atoms with van der Waals surface area (Å²) in [5, 5.41) is 0. The van der Waals surface area contributed by atoms with Gasteiger partial charge in [-0.15, -0.1) is 0 Å². The average molecular weight is 234 g/mol. The fourth-order valence-electron chi connectivity index (χ4n) is 1.76. The van der Waals surface area contributed by atoms with Crippen molar-refractivity contribution in [2.45, 2.75) is 13.0 Å². The number of H-pyrrole nitrogens is 2. The molecule has 2 N–H and O–H groups in total. The Morgan fingerprint density at radius 2 is 2.31 bits per heavy atom. The molecule has 1 aliphatic rings. The molecule has 1 aliphatic heterocycles. The first kappa shape index (κ1) is 9.68. The maximum Gasteiger partial charge on any atom is 0.175 e. The van der Waals surface area contributed by atoms with Gasteiger partial charge in [-0.1, -0.05) is 12.2 Å². The lowest BCUT2D eigenvalue weighted by molar-refractivity contribution is 0.108. The van der Waals surface area contributed by atoms with Crippen LogP contribution >= 0.6 is 12.2 Å². The van der Waals surface area contributed by atoms with Crippen molar-refractivity contribution >= 4 is 12.2 Å². The van der Waals surface area contributed by atoms with Gasteiger partial charge in [0.15, 0.2) is 11.6 Å². The lowest BCUT2D eigenvalue weighted by Crippen LogP contribution is -2.14. The quantitative estimate of drug-likeness (QED) is 0.735. The van der Waals surface area contributed by atoms with Gasteiger partial charge in [-0.25, -0.2) is 9.97 Å². The first-order valence-electron chi connectivity index (χ1n) is 5.04. The van der Waals surface area contributed by atoms with Crippen LogP contribution in [0.1, 0.15) is 11.3 Å². The van der Waals surface area contributed by atoms with E-state index in [1.807, 2.05) is 0 Å². The molecule has 0 spiro atoms. The highest BCUT2D eigenvalue weighted by Gasteiger charge is 2.14. The number of aromatic amines is 2. The van der Waals surface area contributed by atoms with Crippen LogP contribution in [0.25, 0.3) is 11.6 Å². The third-order valence-electron chi connectivity index (χ3n) is 2.57. The topological polar surface area (TPSA) is 66.6 Å². The van der Waals surface area contributed by atoms with E-state index in [-0.39, 0.29) is 0 Å². The molecule has 6 heteroatoms. The fraction of sp³-hybridized carbons (Fsp3) is 0.300. The van der Waals surface area contributed by atoms with Gasteiger partial charge in [0.05, 0.1) is 13.2 Å². The molecule has 3 rings (SSSR count). The number of ether oxygens (including phenoxy) is 1. The number of hydrogen-bond acceptors (Lipinski definition) is 4. The van der Waals surface area contributed by atoms with Crippen LogP contribution in [0.3, 0.4) is 0 Å². The fourth-order valence-corrected chi connectivity index (χ4v) is 2.04. The minimum absolute atomic E-state index is 0.552. The molecule has 0 fully saturated rings.